The molecule has 0 aromatic heterocycles. The lowest BCUT2D eigenvalue weighted by Gasteiger charge is -2.28. The van der Waals surface area contributed by atoms with Crippen molar-refractivity contribution in [2.75, 3.05) is 44.7 Å². The number of ether oxygens (including phenoxy) is 1. The number of para-hydroxylation sites is 1. The van der Waals surface area contributed by atoms with E-state index in [1.807, 2.05) is 6.07 Å². The number of rotatable bonds is 7. The van der Waals surface area contributed by atoms with Crippen molar-refractivity contribution in [1.82, 2.24) is 10.2 Å². The van der Waals surface area contributed by atoms with E-state index in [1.165, 1.54) is 0 Å². The maximum Gasteiger partial charge on any atom is 0.319 e. The predicted molar refractivity (Wildman–Crippen MR) is 105 cm³/mol. The van der Waals surface area contributed by atoms with E-state index in [4.69, 9.17) is 4.74 Å². The Hall–Kier alpha value is -1.63. The summed E-state index contributed by atoms with van der Waals surface area (Å²) < 4.78 is 5.30. The van der Waals surface area contributed by atoms with Gasteiger partial charge < -0.3 is 20.5 Å². The molecule has 1 aromatic carbocycles. The summed E-state index contributed by atoms with van der Waals surface area (Å²) >= 11 is 0. The Labute approximate surface area is 156 Å². The Kier molecular flexibility index (Phi) is 7.87. The zero-order valence-electron chi connectivity index (χ0n) is 16.4. The molecule has 1 aromatic rings. The molecule has 0 saturated carbocycles. The summed E-state index contributed by atoms with van der Waals surface area (Å²) in [5.74, 6) is 0.631. The van der Waals surface area contributed by atoms with Crippen LogP contribution in [-0.2, 0) is 4.74 Å². The summed E-state index contributed by atoms with van der Waals surface area (Å²) in [5.41, 5.74) is 3.14. The van der Waals surface area contributed by atoms with E-state index < -0.39 is 6.10 Å². The highest BCUT2D eigenvalue weighted by Crippen LogP contribution is 2.32. The number of hydrogen-bond donors (Lipinski definition) is 3. The molecule has 1 aliphatic heterocycles. The van der Waals surface area contributed by atoms with Gasteiger partial charge in [0.25, 0.3) is 0 Å². The quantitative estimate of drug-likeness (QED) is 0.696. The third-order valence-electron chi connectivity index (χ3n) is 4.68. The molecule has 1 heterocycles. The van der Waals surface area contributed by atoms with Crippen LogP contribution in [0.15, 0.2) is 18.2 Å². The number of benzene rings is 1. The first-order valence-corrected chi connectivity index (χ1v) is 9.54. The summed E-state index contributed by atoms with van der Waals surface area (Å²) in [4.78, 5) is 14.5. The predicted octanol–water partition coefficient (Wildman–Crippen LogP) is 2.75. The van der Waals surface area contributed by atoms with Gasteiger partial charge in [-0.2, -0.15) is 0 Å². The Balaban J connectivity index is 1.92. The monoisotopic (exact) mass is 363 g/mol. The van der Waals surface area contributed by atoms with Crippen LogP contribution in [0.5, 0.6) is 0 Å². The van der Waals surface area contributed by atoms with Crippen molar-refractivity contribution in [2.45, 2.75) is 45.6 Å². The van der Waals surface area contributed by atoms with Gasteiger partial charge in [-0.05, 0) is 23.0 Å². The Morgan fingerprint density at radius 3 is 2.27 bits per heavy atom. The fourth-order valence-electron chi connectivity index (χ4n) is 3.21. The molecule has 146 valence electrons. The Bertz CT molecular complexity index is 557. The van der Waals surface area contributed by atoms with Crippen molar-refractivity contribution >= 4 is 11.7 Å². The normalized spacial score (nSPS) is 16.7. The van der Waals surface area contributed by atoms with Crippen LogP contribution in [0.4, 0.5) is 10.5 Å². The third-order valence-corrected chi connectivity index (χ3v) is 4.68. The number of amides is 2. The van der Waals surface area contributed by atoms with Gasteiger partial charge in [0.05, 0.1) is 19.3 Å². The standard InChI is InChI=1S/C20H33N3O3/c1-14(2)17-6-5-7-18(15(3)4)19(17)22-20(25)21-12-16(24)13-23-8-10-26-11-9-23/h5-7,14-16,24H,8-13H2,1-4H3,(H2,21,22,25)/t16-/m1/s1. The molecule has 1 atom stereocenters. The first-order chi connectivity index (χ1) is 12.4. The van der Waals surface area contributed by atoms with Crippen LogP contribution in [0, 0.1) is 0 Å². The molecule has 1 fully saturated rings. The fourth-order valence-corrected chi connectivity index (χ4v) is 3.21. The molecule has 0 unspecified atom stereocenters. The van der Waals surface area contributed by atoms with Crippen molar-refractivity contribution in [3.63, 3.8) is 0 Å². The number of hydrogen-bond acceptors (Lipinski definition) is 4. The molecule has 0 bridgehead atoms. The fraction of sp³-hybridized carbons (Fsp3) is 0.650. The van der Waals surface area contributed by atoms with Gasteiger partial charge in [0.15, 0.2) is 0 Å². The molecule has 0 aliphatic carbocycles. The molecule has 1 saturated heterocycles. The minimum Gasteiger partial charge on any atom is -0.390 e. The van der Waals surface area contributed by atoms with E-state index in [9.17, 15) is 9.90 Å². The van der Waals surface area contributed by atoms with E-state index in [1.54, 1.807) is 0 Å². The lowest BCUT2D eigenvalue weighted by atomic mass is 9.93. The molecule has 0 spiro atoms. The number of morpholine rings is 1. The van der Waals surface area contributed by atoms with Crippen LogP contribution in [0.3, 0.4) is 0 Å². The van der Waals surface area contributed by atoms with Crippen LogP contribution in [-0.4, -0.2) is 61.5 Å². The van der Waals surface area contributed by atoms with Crippen molar-refractivity contribution in [2.24, 2.45) is 0 Å². The summed E-state index contributed by atoms with van der Waals surface area (Å²) in [6.45, 7) is 12.3. The molecule has 6 heteroatoms. The number of anilines is 1. The molecular formula is C20H33N3O3. The molecule has 2 amide bonds. The van der Waals surface area contributed by atoms with E-state index in [-0.39, 0.29) is 12.6 Å². The number of β-amino-alcohol motifs (C(OH)–C–C–N with tert-alkyl or cyclic N) is 1. The number of carbonyl (C=O) groups excluding carboxylic acids is 1. The van der Waals surface area contributed by atoms with Gasteiger partial charge in [0.1, 0.15) is 0 Å². The van der Waals surface area contributed by atoms with Crippen LogP contribution in [0.2, 0.25) is 0 Å². The molecular weight excluding hydrogens is 330 g/mol. The molecule has 6 nitrogen and oxygen atoms in total. The van der Waals surface area contributed by atoms with Gasteiger partial charge in [0.2, 0.25) is 0 Å². The minimum atomic E-state index is -0.594. The number of aliphatic hydroxyl groups excluding tert-OH is 1. The van der Waals surface area contributed by atoms with E-state index in [0.29, 0.717) is 31.6 Å². The number of nitrogens with zero attached hydrogens (tertiary/aromatic N) is 1. The number of carbonyl (C=O) groups is 1. The van der Waals surface area contributed by atoms with Gasteiger partial charge >= 0.3 is 6.03 Å². The molecule has 26 heavy (non-hydrogen) atoms. The summed E-state index contributed by atoms with van der Waals surface area (Å²) in [5, 5.41) is 16.0. The van der Waals surface area contributed by atoms with Crippen LogP contribution in [0.25, 0.3) is 0 Å². The van der Waals surface area contributed by atoms with E-state index >= 15 is 0 Å². The summed E-state index contributed by atoms with van der Waals surface area (Å²) in [6, 6.07) is 5.87. The van der Waals surface area contributed by atoms with Crippen LogP contribution < -0.4 is 10.6 Å². The summed E-state index contributed by atoms with van der Waals surface area (Å²) in [7, 11) is 0. The lowest BCUT2D eigenvalue weighted by molar-refractivity contribution is 0.0154. The van der Waals surface area contributed by atoms with Crippen molar-refractivity contribution in [1.29, 1.82) is 0 Å². The summed E-state index contributed by atoms with van der Waals surface area (Å²) in [6.07, 6.45) is -0.594. The van der Waals surface area contributed by atoms with Crippen molar-refractivity contribution in [3.8, 4) is 0 Å². The second-order valence-corrected chi connectivity index (χ2v) is 7.52. The molecule has 1 aliphatic rings. The first kappa shape index (κ1) is 20.7. The van der Waals surface area contributed by atoms with E-state index in [2.05, 4.69) is 55.4 Å². The second kappa shape index (κ2) is 9.90. The zero-order chi connectivity index (χ0) is 19.1. The lowest BCUT2D eigenvalue weighted by Crippen LogP contribution is -2.45. The minimum absolute atomic E-state index is 0.226. The highest BCUT2D eigenvalue weighted by molar-refractivity contribution is 5.91. The van der Waals surface area contributed by atoms with Crippen molar-refractivity contribution in [3.05, 3.63) is 29.3 Å². The first-order valence-electron chi connectivity index (χ1n) is 9.54. The van der Waals surface area contributed by atoms with Gasteiger partial charge in [-0.1, -0.05) is 45.9 Å². The molecule has 3 N–H and O–H groups in total. The second-order valence-electron chi connectivity index (χ2n) is 7.52. The molecule has 0 radical (unpaired) electrons. The largest absolute Gasteiger partial charge is 0.390 e. The van der Waals surface area contributed by atoms with Crippen LogP contribution >= 0.6 is 0 Å². The maximum atomic E-state index is 12.4. The number of nitrogens with one attached hydrogen (secondary N) is 2. The molecule has 2 rings (SSSR count). The zero-order valence-corrected chi connectivity index (χ0v) is 16.4. The van der Waals surface area contributed by atoms with Gasteiger partial charge in [-0.3, -0.25) is 4.90 Å². The van der Waals surface area contributed by atoms with Gasteiger partial charge in [0, 0.05) is 31.9 Å². The van der Waals surface area contributed by atoms with Crippen molar-refractivity contribution < 1.29 is 14.6 Å². The topological polar surface area (TPSA) is 73.8 Å². The maximum absolute atomic E-state index is 12.4. The Morgan fingerprint density at radius 1 is 1.15 bits per heavy atom. The smallest absolute Gasteiger partial charge is 0.319 e. The average Bonchev–Trinajstić information content (AvgIpc) is 2.60. The van der Waals surface area contributed by atoms with Gasteiger partial charge in [-0.15, -0.1) is 0 Å². The number of urea groups is 1. The Morgan fingerprint density at radius 2 is 1.73 bits per heavy atom. The highest BCUT2D eigenvalue weighted by Gasteiger charge is 2.18. The third kappa shape index (κ3) is 5.97. The van der Waals surface area contributed by atoms with Gasteiger partial charge in [-0.25, -0.2) is 4.79 Å². The highest BCUT2D eigenvalue weighted by atomic mass is 16.5. The number of aliphatic hydroxyl groups is 1. The SMILES string of the molecule is CC(C)c1cccc(C(C)C)c1NC(=O)NC[C@@H](O)CN1CCOCC1. The van der Waals surface area contributed by atoms with Crippen LogP contribution in [0.1, 0.15) is 50.7 Å². The average molecular weight is 364 g/mol. The van der Waals surface area contributed by atoms with E-state index in [0.717, 1.165) is 29.9 Å².